The van der Waals surface area contributed by atoms with E-state index in [1.807, 2.05) is 11.0 Å². The Labute approximate surface area is 126 Å². The van der Waals surface area contributed by atoms with Gasteiger partial charge in [-0.2, -0.15) is 8.78 Å². The van der Waals surface area contributed by atoms with Crippen molar-refractivity contribution in [3.63, 3.8) is 0 Å². The molecule has 4 nitrogen and oxygen atoms in total. The number of aromatic nitrogens is 2. The maximum absolute atomic E-state index is 13.4. The molecule has 2 aromatic rings. The Morgan fingerprint density at radius 2 is 2.23 bits per heavy atom. The van der Waals surface area contributed by atoms with Gasteiger partial charge in [-0.1, -0.05) is 12.1 Å². The smallest absolute Gasteiger partial charge is 0.314 e. The lowest BCUT2D eigenvalue weighted by atomic mass is 10.0. The molecule has 1 aromatic heterocycles. The Morgan fingerprint density at radius 1 is 1.36 bits per heavy atom. The summed E-state index contributed by atoms with van der Waals surface area (Å²) in [5, 5.41) is 3.26. The van der Waals surface area contributed by atoms with Gasteiger partial charge in [-0.25, -0.2) is 9.37 Å². The maximum Gasteiger partial charge on any atom is 0.319 e. The molecule has 22 heavy (non-hydrogen) atoms. The minimum Gasteiger partial charge on any atom is -0.314 e. The van der Waals surface area contributed by atoms with Crippen molar-refractivity contribution in [3.05, 3.63) is 53.9 Å². The van der Waals surface area contributed by atoms with Crippen LogP contribution in [0.25, 0.3) is 0 Å². The number of alkyl halides is 2. The Kier molecular flexibility index (Phi) is 4.44. The average Bonchev–Trinajstić information content (AvgIpc) is 2.96. The number of benzene rings is 1. The number of hydrogen-bond donors (Lipinski definition) is 1. The molecule has 1 N–H and O–H groups in total. The molecule has 2 heterocycles. The van der Waals surface area contributed by atoms with E-state index >= 15 is 0 Å². The fourth-order valence-corrected chi connectivity index (χ4v) is 2.80. The van der Waals surface area contributed by atoms with Gasteiger partial charge in [0.25, 0.3) is 0 Å². The van der Waals surface area contributed by atoms with E-state index < -0.39 is 6.55 Å². The zero-order chi connectivity index (χ0) is 15.5. The van der Waals surface area contributed by atoms with E-state index in [1.165, 1.54) is 24.5 Å². The van der Waals surface area contributed by atoms with E-state index in [0.29, 0.717) is 25.5 Å². The molecule has 3 rings (SSSR count). The first-order valence-electron chi connectivity index (χ1n) is 7.15. The van der Waals surface area contributed by atoms with Crippen LogP contribution >= 0.6 is 0 Å². The largest absolute Gasteiger partial charge is 0.319 e. The number of nitrogens with one attached hydrogen (secondary N) is 1. The molecule has 1 aliphatic rings. The summed E-state index contributed by atoms with van der Waals surface area (Å²) in [6, 6.07) is 6.34. The van der Waals surface area contributed by atoms with Gasteiger partial charge in [0, 0.05) is 38.1 Å². The Morgan fingerprint density at radius 3 is 3.00 bits per heavy atom. The van der Waals surface area contributed by atoms with Crippen molar-refractivity contribution in [3.8, 4) is 0 Å². The fourth-order valence-electron chi connectivity index (χ4n) is 2.80. The first-order chi connectivity index (χ1) is 10.6. The number of hydrogen-bond acceptors (Lipinski definition) is 3. The van der Waals surface area contributed by atoms with Gasteiger partial charge >= 0.3 is 6.55 Å². The quantitative estimate of drug-likeness (QED) is 0.942. The van der Waals surface area contributed by atoms with Crippen molar-refractivity contribution in [2.75, 3.05) is 19.6 Å². The predicted molar refractivity (Wildman–Crippen MR) is 75.9 cm³/mol. The van der Waals surface area contributed by atoms with Crippen LogP contribution in [0.15, 0.2) is 36.7 Å². The zero-order valence-electron chi connectivity index (χ0n) is 11.9. The molecule has 0 radical (unpaired) electrons. The van der Waals surface area contributed by atoms with Gasteiger partial charge in [0.15, 0.2) is 0 Å². The monoisotopic (exact) mass is 310 g/mol. The summed E-state index contributed by atoms with van der Waals surface area (Å²) in [6.45, 7) is -0.189. The standard InChI is InChI=1S/C15H17F3N4/c16-12-3-1-2-11(8-12)13-9-19-4-6-21(13)10-14-20-5-7-22(14)15(17)18/h1-3,5,7-8,13,15,19H,4,6,9-10H2. The molecule has 1 unspecified atom stereocenters. The Bertz CT molecular complexity index is 629. The first kappa shape index (κ1) is 15.1. The van der Waals surface area contributed by atoms with Crippen LogP contribution in [0.1, 0.15) is 24.0 Å². The molecule has 7 heteroatoms. The van der Waals surface area contributed by atoms with Gasteiger partial charge in [-0.05, 0) is 17.7 Å². The molecule has 0 spiro atoms. The molecular formula is C15H17F3N4. The van der Waals surface area contributed by atoms with Crippen molar-refractivity contribution < 1.29 is 13.2 Å². The van der Waals surface area contributed by atoms with Crippen molar-refractivity contribution in [1.82, 2.24) is 19.8 Å². The topological polar surface area (TPSA) is 33.1 Å². The Hall–Kier alpha value is -1.86. The molecule has 1 fully saturated rings. The van der Waals surface area contributed by atoms with Gasteiger partial charge in [-0.15, -0.1) is 0 Å². The van der Waals surface area contributed by atoms with Crippen LogP contribution in [0.5, 0.6) is 0 Å². The van der Waals surface area contributed by atoms with Crippen LogP contribution in [0.2, 0.25) is 0 Å². The third-order valence-corrected chi connectivity index (χ3v) is 3.89. The summed E-state index contributed by atoms with van der Waals surface area (Å²) in [7, 11) is 0. The SMILES string of the molecule is Fc1cccc(C2CNCCN2Cc2nccn2C(F)F)c1. The molecule has 0 bridgehead atoms. The highest BCUT2D eigenvalue weighted by Gasteiger charge is 2.26. The molecular weight excluding hydrogens is 293 g/mol. The zero-order valence-corrected chi connectivity index (χ0v) is 11.9. The van der Waals surface area contributed by atoms with Gasteiger partial charge in [0.1, 0.15) is 11.6 Å². The van der Waals surface area contributed by atoms with Gasteiger partial charge < -0.3 is 5.32 Å². The number of piperazine rings is 1. The van der Waals surface area contributed by atoms with Crippen LogP contribution in [0, 0.1) is 5.82 Å². The number of nitrogens with zero attached hydrogens (tertiary/aromatic N) is 3. The lowest BCUT2D eigenvalue weighted by molar-refractivity contribution is 0.0605. The summed E-state index contributed by atoms with van der Waals surface area (Å²) >= 11 is 0. The fraction of sp³-hybridized carbons (Fsp3) is 0.400. The van der Waals surface area contributed by atoms with Gasteiger partial charge in [0.2, 0.25) is 0 Å². The summed E-state index contributed by atoms with van der Waals surface area (Å²) in [4.78, 5) is 6.07. The van der Waals surface area contributed by atoms with Crippen LogP contribution in [0.4, 0.5) is 13.2 Å². The van der Waals surface area contributed by atoms with E-state index in [2.05, 4.69) is 10.3 Å². The van der Waals surface area contributed by atoms with Crippen LogP contribution in [-0.4, -0.2) is 34.1 Å². The maximum atomic E-state index is 13.4. The average molecular weight is 310 g/mol. The molecule has 1 aromatic carbocycles. The summed E-state index contributed by atoms with van der Waals surface area (Å²) in [6.07, 6.45) is 2.65. The molecule has 1 atom stereocenters. The van der Waals surface area contributed by atoms with Crippen molar-refractivity contribution >= 4 is 0 Å². The summed E-state index contributed by atoms with van der Waals surface area (Å²) < 4.78 is 40.2. The Balaban J connectivity index is 1.82. The second-order valence-electron chi connectivity index (χ2n) is 5.27. The van der Waals surface area contributed by atoms with E-state index in [-0.39, 0.29) is 11.9 Å². The number of rotatable bonds is 4. The molecule has 0 saturated carbocycles. The molecule has 1 aliphatic heterocycles. The minimum absolute atomic E-state index is 0.0627. The molecule has 118 valence electrons. The van der Waals surface area contributed by atoms with Crippen LogP contribution < -0.4 is 5.32 Å². The van der Waals surface area contributed by atoms with Gasteiger partial charge in [-0.3, -0.25) is 9.47 Å². The molecule has 1 saturated heterocycles. The van der Waals surface area contributed by atoms with E-state index in [9.17, 15) is 13.2 Å². The highest BCUT2D eigenvalue weighted by atomic mass is 19.3. The normalized spacial score (nSPS) is 19.7. The van der Waals surface area contributed by atoms with E-state index in [4.69, 9.17) is 0 Å². The number of halogens is 3. The first-order valence-corrected chi connectivity index (χ1v) is 7.15. The lowest BCUT2D eigenvalue weighted by Gasteiger charge is -2.36. The lowest BCUT2D eigenvalue weighted by Crippen LogP contribution is -2.45. The second-order valence-corrected chi connectivity index (χ2v) is 5.27. The third kappa shape index (κ3) is 3.15. The number of imidazole rings is 1. The minimum atomic E-state index is -2.60. The van der Waals surface area contributed by atoms with Crippen LogP contribution in [0.3, 0.4) is 0 Å². The highest BCUT2D eigenvalue weighted by Crippen LogP contribution is 2.25. The summed E-state index contributed by atoms with van der Waals surface area (Å²) in [5.74, 6) is 0.0235. The summed E-state index contributed by atoms with van der Waals surface area (Å²) in [5.41, 5.74) is 0.836. The predicted octanol–water partition coefficient (Wildman–Crippen LogP) is 2.56. The van der Waals surface area contributed by atoms with E-state index in [1.54, 1.807) is 6.07 Å². The van der Waals surface area contributed by atoms with Crippen molar-refractivity contribution in [2.45, 2.75) is 19.1 Å². The third-order valence-electron chi connectivity index (χ3n) is 3.89. The van der Waals surface area contributed by atoms with Crippen molar-refractivity contribution in [1.29, 1.82) is 0 Å². The molecule has 0 aliphatic carbocycles. The second kappa shape index (κ2) is 6.50. The van der Waals surface area contributed by atoms with Gasteiger partial charge in [0.05, 0.1) is 6.54 Å². The van der Waals surface area contributed by atoms with Crippen LogP contribution in [-0.2, 0) is 6.54 Å². The van der Waals surface area contributed by atoms with E-state index in [0.717, 1.165) is 16.7 Å². The molecule has 0 amide bonds. The van der Waals surface area contributed by atoms with Crippen molar-refractivity contribution in [2.24, 2.45) is 0 Å². The highest BCUT2D eigenvalue weighted by molar-refractivity contribution is 5.21.